The molecule has 0 fully saturated rings. The Labute approximate surface area is 121 Å². The number of hydrogen-bond acceptors (Lipinski definition) is 3. The van der Waals surface area contributed by atoms with E-state index in [0.717, 1.165) is 12.0 Å². The summed E-state index contributed by atoms with van der Waals surface area (Å²) in [5.41, 5.74) is 0.590. The van der Waals surface area contributed by atoms with Gasteiger partial charge in [0.25, 0.3) is 5.91 Å². The lowest BCUT2D eigenvalue weighted by Crippen LogP contribution is -2.48. The van der Waals surface area contributed by atoms with E-state index >= 15 is 0 Å². The smallest absolute Gasteiger partial charge is 0.261 e. The van der Waals surface area contributed by atoms with E-state index in [1.54, 1.807) is 38.1 Å². The van der Waals surface area contributed by atoms with Crippen LogP contribution >= 0.6 is 0 Å². The second-order valence-corrected chi connectivity index (χ2v) is 5.73. The third-order valence-corrected chi connectivity index (χ3v) is 3.39. The summed E-state index contributed by atoms with van der Waals surface area (Å²) in [4.78, 5) is 12.0. The van der Waals surface area contributed by atoms with Gasteiger partial charge in [-0.3, -0.25) is 4.79 Å². The first kappa shape index (κ1) is 16.5. The van der Waals surface area contributed by atoms with Crippen LogP contribution in [-0.2, 0) is 4.79 Å². The summed E-state index contributed by atoms with van der Waals surface area (Å²) in [6, 6.07) is 7.11. The number of ether oxygens (including phenoxy) is 1. The maximum atomic E-state index is 12.0. The molecule has 0 saturated carbocycles. The van der Waals surface area contributed by atoms with Gasteiger partial charge in [-0.2, -0.15) is 0 Å². The summed E-state index contributed by atoms with van der Waals surface area (Å²) < 4.78 is 5.61. The van der Waals surface area contributed by atoms with E-state index in [2.05, 4.69) is 5.32 Å². The van der Waals surface area contributed by atoms with Crippen LogP contribution in [0.3, 0.4) is 0 Å². The predicted molar refractivity (Wildman–Crippen MR) is 79.7 cm³/mol. The minimum atomic E-state index is -0.557. The SMILES string of the molecule is CCC(C)(C)NC(=O)C(C)Oc1ccc([C@H](C)O)cc1. The third kappa shape index (κ3) is 4.85. The number of aliphatic hydroxyl groups excluding tert-OH is 1. The fourth-order valence-electron chi connectivity index (χ4n) is 1.61. The van der Waals surface area contributed by atoms with Gasteiger partial charge < -0.3 is 15.2 Å². The molecule has 1 aromatic rings. The molecular weight excluding hydrogens is 254 g/mol. The van der Waals surface area contributed by atoms with E-state index < -0.39 is 12.2 Å². The average Bonchev–Trinajstić information content (AvgIpc) is 2.38. The monoisotopic (exact) mass is 279 g/mol. The molecule has 0 aliphatic heterocycles. The van der Waals surface area contributed by atoms with Gasteiger partial charge in [0.2, 0.25) is 0 Å². The number of carbonyl (C=O) groups is 1. The molecule has 20 heavy (non-hydrogen) atoms. The average molecular weight is 279 g/mol. The minimum Gasteiger partial charge on any atom is -0.481 e. The van der Waals surface area contributed by atoms with Crippen LogP contribution in [0.15, 0.2) is 24.3 Å². The summed E-state index contributed by atoms with van der Waals surface area (Å²) in [5, 5.41) is 12.4. The van der Waals surface area contributed by atoms with Crippen LogP contribution in [0.5, 0.6) is 5.75 Å². The molecule has 0 aliphatic rings. The van der Waals surface area contributed by atoms with Crippen molar-refractivity contribution in [3.05, 3.63) is 29.8 Å². The van der Waals surface area contributed by atoms with Gasteiger partial charge in [-0.05, 0) is 51.8 Å². The number of aliphatic hydroxyl groups is 1. The summed E-state index contributed by atoms with van der Waals surface area (Å²) in [7, 11) is 0. The topological polar surface area (TPSA) is 58.6 Å². The number of hydrogen-bond donors (Lipinski definition) is 2. The van der Waals surface area contributed by atoms with Crippen molar-refractivity contribution >= 4 is 5.91 Å². The van der Waals surface area contributed by atoms with Gasteiger partial charge in [0, 0.05) is 5.54 Å². The van der Waals surface area contributed by atoms with E-state index in [1.807, 2.05) is 20.8 Å². The molecule has 4 nitrogen and oxygen atoms in total. The second kappa shape index (κ2) is 6.75. The van der Waals surface area contributed by atoms with Crippen molar-refractivity contribution in [3.8, 4) is 5.75 Å². The van der Waals surface area contributed by atoms with Crippen molar-refractivity contribution in [1.29, 1.82) is 0 Å². The molecule has 4 heteroatoms. The second-order valence-electron chi connectivity index (χ2n) is 5.73. The van der Waals surface area contributed by atoms with Crippen molar-refractivity contribution in [2.75, 3.05) is 0 Å². The fraction of sp³-hybridized carbons (Fsp3) is 0.562. The van der Waals surface area contributed by atoms with Crippen LogP contribution in [0.4, 0.5) is 0 Å². The molecule has 0 heterocycles. The Morgan fingerprint density at radius 1 is 1.30 bits per heavy atom. The molecule has 2 N–H and O–H groups in total. The molecule has 0 aliphatic carbocycles. The Bertz CT molecular complexity index is 438. The normalized spacial score (nSPS) is 14.5. The number of rotatable bonds is 6. The molecular formula is C16H25NO3. The van der Waals surface area contributed by atoms with Gasteiger partial charge in [0.15, 0.2) is 6.10 Å². The molecule has 0 radical (unpaired) electrons. The van der Waals surface area contributed by atoms with E-state index in [-0.39, 0.29) is 11.4 Å². The Balaban J connectivity index is 2.61. The zero-order valence-corrected chi connectivity index (χ0v) is 12.9. The summed E-state index contributed by atoms with van der Waals surface area (Å²) in [6.07, 6.45) is -0.206. The largest absolute Gasteiger partial charge is 0.481 e. The molecule has 0 saturated heterocycles. The van der Waals surface area contributed by atoms with Crippen LogP contribution in [0, 0.1) is 0 Å². The van der Waals surface area contributed by atoms with Crippen LogP contribution in [0.25, 0.3) is 0 Å². The molecule has 2 atom stereocenters. The number of amides is 1. The third-order valence-electron chi connectivity index (χ3n) is 3.39. The van der Waals surface area contributed by atoms with E-state index in [4.69, 9.17) is 4.74 Å². The van der Waals surface area contributed by atoms with Crippen LogP contribution in [0.2, 0.25) is 0 Å². The minimum absolute atomic E-state index is 0.128. The van der Waals surface area contributed by atoms with Crippen LogP contribution in [0.1, 0.15) is 52.7 Å². The zero-order chi connectivity index (χ0) is 15.3. The van der Waals surface area contributed by atoms with Crippen molar-refractivity contribution in [1.82, 2.24) is 5.32 Å². The molecule has 0 bridgehead atoms. The maximum absolute atomic E-state index is 12.0. The lowest BCUT2D eigenvalue weighted by molar-refractivity contribution is -0.128. The van der Waals surface area contributed by atoms with E-state index in [1.165, 1.54) is 0 Å². The highest BCUT2D eigenvalue weighted by molar-refractivity contribution is 5.81. The molecule has 1 aromatic carbocycles. The molecule has 0 aromatic heterocycles. The Hall–Kier alpha value is -1.55. The Morgan fingerprint density at radius 3 is 2.30 bits per heavy atom. The first-order chi connectivity index (χ1) is 9.25. The van der Waals surface area contributed by atoms with Crippen molar-refractivity contribution in [3.63, 3.8) is 0 Å². The molecule has 1 rings (SSSR count). The highest BCUT2D eigenvalue weighted by Gasteiger charge is 2.22. The number of benzene rings is 1. The number of carbonyl (C=O) groups excluding carboxylic acids is 1. The quantitative estimate of drug-likeness (QED) is 0.842. The van der Waals surface area contributed by atoms with Crippen molar-refractivity contribution < 1.29 is 14.6 Å². The molecule has 1 amide bonds. The van der Waals surface area contributed by atoms with Gasteiger partial charge in [-0.25, -0.2) is 0 Å². The Kier molecular flexibility index (Phi) is 5.57. The predicted octanol–water partition coefficient (Wildman–Crippen LogP) is 2.81. The van der Waals surface area contributed by atoms with Gasteiger partial charge in [-0.1, -0.05) is 19.1 Å². The van der Waals surface area contributed by atoms with E-state index in [9.17, 15) is 9.90 Å². The molecule has 1 unspecified atom stereocenters. The lowest BCUT2D eigenvalue weighted by Gasteiger charge is -2.26. The Morgan fingerprint density at radius 2 is 1.85 bits per heavy atom. The first-order valence-electron chi connectivity index (χ1n) is 7.02. The number of nitrogens with one attached hydrogen (secondary N) is 1. The summed E-state index contributed by atoms with van der Waals surface area (Å²) in [5.74, 6) is 0.489. The zero-order valence-electron chi connectivity index (χ0n) is 12.9. The maximum Gasteiger partial charge on any atom is 0.261 e. The van der Waals surface area contributed by atoms with Gasteiger partial charge in [0.05, 0.1) is 6.10 Å². The molecule has 0 spiro atoms. The first-order valence-corrected chi connectivity index (χ1v) is 7.02. The standard InChI is InChI=1S/C16H25NO3/c1-6-16(4,5)17-15(19)12(3)20-14-9-7-13(8-10-14)11(2)18/h7-12,18H,6H2,1-5H3,(H,17,19)/t11-,12?/m0/s1. The highest BCUT2D eigenvalue weighted by atomic mass is 16.5. The highest BCUT2D eigenvalue weighted by Crippen LogP contribution is 2.18. The van der Waals surface area contributed by atoms with Gasteiger partial charge >= 0.3 is 0 Å². The molecule has 112 valence electrons. The van der Waals surface area contributed by atoms with Crippen LogP contribution in [-0.4, -0.2) is 22.7 Å². The van der Waals surface area contributed by atoms with E-state index in [0.29, 0.717) is 5.75 Å². The van der Waals surface area contributed by atoms with Crippen molar-refractivity contribution in [2.45, 2.75) is 58.8 Å². The van der Waals surface area contributed by atoms with Crippen LogP contribution < -0.4 is 10.1 Å². The lowest BCUT2D eigenvalue weighted by atomic mass is 10.0. The fourth-order valence-corrected chi connectivity index (χ4v) is 1.61. The summed E-state index contributed by atoms with van der Waals surface area (Å²) >= 11 is 0. The van der Waals surface area contributed by atoms with Gasteiger partial charge in [0.1, 0.15) is 5.75 Å². The summed E-state index contributed by atoms with van der Waals surface area (Å²) in [6.45, 7) is 9.42. The van der Waals surface area contributed by atoms with Gasteiger partial charge in [-0.15, -0.1) is 0 Å². The van der Waals surface area contributed by atoms with Crippen molar-refractivity contribution in [2.24, 2.45) is 0 Å².